The first kappa shape index (κ1) is 10.0. The summed E-state index contributed by atoms with van der Waals surface area (Å²) in [5.74, 6) is 0. The molecule has 0 atom stereocenters. The number of hydrogen-bond donors (Lipinski definition) is 1. The number of hydrogen-bond acceptors (Lipinski definition) is 3. The third-order valence-electron chi connectivity index (χ3n) is 1.93. The second-order valence-electron chi connectivity index (χ2n) is 2.91. The lowest BCUT2D eigenvalue weighted by Crippen LogP contribution is -1.80. The Balaban J connectivity index is 2.66. The van der Waals surface area contributed by atoms with Gasteiger partial charge in [0.15, 0.2) is 0 Å². The monoisotopic (exact) mass is 283 g/mol. The molecule has 2 aromatic rings. The van der Waals surface area contributed by atoms with Crippen molar-refractivity contribution in [2.45, 2.75) is 11.3 Å². The van der Waals surface area contributed by atoms with Gasteiger partial charge in [0, 0.05) is 15.0 Å². The first-order valence-corrected chi connectivity index (χ1v) is 6.04. The molecule has 0 saturated heterocycles. The number of nitrogens with zero attached hydrogens (tertiary/aromatic N) is 1. The third kappa shape index (κ3) is 1.81. The normalized spacial score (nSPS) is 10.4. The number of fused-ring (bicyclic) bond motifs is 1. The van der Waals surface area contributed by atoms with Crippen LogP contribution in [0.3, 0.4) is 0 Å². The fourth-order valence-corrected chi connectivity index (χ4v) is 3.39. The largest absolute Gasteiger partial charge is 0.198 e. The van der Waals surface area contributed by atoms with E-state index in [0.717, 1.165) is 19.6 Å². The van der Waals surface area contributed by atoms with E-state index < -0.39 is 0 Å². The Morgan fingerprint density at radius 2 is 2.21 bits per heavy atom. The highest BCUT2D eigenvalue weighted by Crippen LogP contribution is 2.34. The summed E-state index contributed by atoms with van der Waals surface area (Å²) >= 11 is 9.51. The van der Waals surface area contributed by atoms with Crippen LogP contribution >= 0.6 is 39.9 Å². The van der Waals surface area contributed by atoms with Gasteiger partial charge in [-0.15, -0.1) is 24.0 Å². The Morgan fingerprint density at radius 1 is 1.43 bits per heavy atom. The van der Waals surface area contributed by atoms with Crippen LogP contribution in [0.15, 0.2) is 26.9 Å². The standard InChI is InChI=1S/C10H6BrNS2/c11-10-5-7-8(13)3-6(1-2-12)4-9(7)14-10/h3-5,13H,1H2. The van der Waals surface area contributed by atoms with Crippen LogP contribution < -0.4 is 0 Å². The minimum atomic E-state index is 0.443. The Morgan fingerprint density at radius 3 is 2.93 bits per heavy atom. The Hall–Kier alpha value is -0.500. The fourth-order valence-electron chi connectivity index (χ4n) is 1.34. The van der Waals surface area contributed by atoms with Crippen molar-refractivity contribution in [1.82, 2.24) is 0 Å². The SMILES string of the molecule is N#CCc1cc(S)c2cc(Br)sc2c1. The van der Waals surface area contributed by atoms with Crippen molar-refractivity contribution in [2.75, 3.05) is 0 Å². The van der Waals surface area contributed by atoms with Crippen molar-refractivity contribution in [3.8, 4) is 6.07 Å². The van der Waals surface area contributed by atoms with E-state index >= 15 is 0 Å². The fraction of sp³-hybridized carbons (Fsp3) is 0.100. The topological polar surface area (TPSA) is 23.8 Å². The molecule has 1 nitrogen and oxygen atoms in total. The summed E-state index contributed by atoms with van der Waals surface area (Å²) in [7, 11) is 0. The molecular weight excluding hydrogens is 278 g/mol. The summed E-state index contributed by atoms with van der Waals surface area (Å²) in [6.07, 6.45) is 0.443. The van der Waals surface area contributed by atoms with Crippen LogP contribution in [0.1, 0.15) is 5.56 Å². The van der Waals surface area contributed by atoms with Crippen LogP contribution in [-0.2, 0) is 6.42 Å². The van der Waals surface area contributed by atoms with Gasteiger partial charge in [0.1, 0.15) is 0 Å². The average molecular weight is 284 g/mol. The number of benzene rings is 1. The van der Waals surface area contributed by atoms with Gasteiger partial charge in [0.05, 0.1) is 16.3 Å². The molecule has 1 heterocycles. The summed E-state index contributed by atoms with van der Waals surface area (Å²) < 4.78 is 2.27. The summed E-state index contributed by atoms with van der Waals surface area (Å²) in [4.78, 5) is 0.940. The lowest BCUT2D eigenvalue weighted by molar-refractivity contribution is 1.25. The van der Waals surface area contributed by atoms with Gasteiger partial charge in [-0.1, -0.05) is 0 Å². The molecule has 14 heavy (non-hydrogen) atoms. The molecule has 0 aliphatic rings. The molecule has 0 saturated carbocycles. The Bertz CT molecular complexity index is 525. The molecule has 1 aromatic heterocycles. The number of thiol groups is 1. The van der Waals surface area contributed by atoms with Crippen molar-refractivity contribution in [2.24, 2.45) is 0 Å². The van der Waals surface area contributed by atoms with Crippen LogP contribution in [0, 0.1) is 11.3 Å². The molecule has 0 aliphatic heterocycles. The maximum Gasteiger partial charge on any atom is 0.0711 e. The van der Waals surface area contributed by atoms with Crippen molar-refractivity contribution < 1.29 is 0 Å². The van der Waals surface area contributed by atoms with E-state index in [-0.39, 0.29) is 0 Å². The van der Waals surface area contributed by atoms with E-state index in [0.29, 0.717) is 6.42 Å². The molecule has 0 amide bonds. The first-order chi connectivity index (χ1) is 6.70. The van der Waals surface area contributed by atoms with Gasteiger partial charge < -0.3 is 0 Å². The van der Waals surface area contributed by atoms with Crippen molar-refractivity contribution >= 4 is 50.0 Å². The summed E-state index contributed by atoms with van der Waals surface area (Å²) in [6.45, 7) is 0. The number of thiophene rings is 1. The van der Waals surface area contributed by atoms with Gasteiger partial charge in [-0.05, 0) is 39.7 Å². The van der Waals surface area contributed by atoms with Crippen molar-refractivity contribution in [3.63, 3.8) is 0 Å². The summed E-state index contributed by atoms with van der Waals surface area (Å²) in [5.41, 5.74) is 1.03. The lowest BCUT2D eigenvalue weighted by Gasteiger charge is -1.98. The zero-order chi connectivity index (χ0) is 10.1. The molecule has 0 spiro atoms. The maximum absolute atomic E-state index is 8.61. The molecule has 2 rings (SSSR count). The zero-order valence-electron chi connectivity index (χ0n) is 7.12. The minimum absolute atomic E-state index is 0.443. The highest BCUT2D eigenvalue weighted by atomic mass is 79.9. The van der Waals surface area contributed by atoms with Gasteiger partial charge in [0.2, 0.25) is 0 Å². The molecule has 0 unspecified atom stereocenters. The van der Waals surface area contributed by atoms with Gasteiger partial charge in [-0.2, -0.15) is 5.26 Å². The number of halogens is 1. The van der Waals surface area contributed by atoms with Crippen LogP contribution in [0.5, 0.6) is 0 Å². The number of nitriles is 1. The smallest absolute Gasteiger partial charge is 0.0711 e. The number of rotatable bonds is 1. The molecule has 70 valence electrons. The molecule has 1 aromatic carbocycles. The molecule has 0 aliphatic carbocycles. The van der Waals surface area contributed by atoms with E-state index in [2.05, 4.69) is 40.7 Å². The molecular formula is C10H6BrNS2. The van der Waals surface area contributed by atoms with Gasteiger partial charge in [-0.3, -0.25) is 0 Å². The van der Waals surface area contributed by atoms with Crippen molar-refractivity contribution in [1.29, 1.82) is 5.26 Å². The predicted octanol–water partition coefficient (Wildman–Crippen LogP) is 4.02. The van der Waals surface area contributed by atoms with E-state index in [1.807, 2.05) is 12.1 Å². The molecule has 4 heteroatoms. The maximum atomic E-state index is 8.61. The molecule has 0 N–H and O–H groups in total. The van der Waals surface area contributed by atoms with E-state index in [4.69, 9.17) is 5.26 Å². The Kier molecular flexibility index (Phi) is 2.82. The van der Waals surface area contributed by atoms with Crippen LogP contribution in [0.25, 0.3) is 10.1 Å². The van der Waals surface area contributed by atoms with Crippen LogP contribution in [0.4, 0.5) is 0 Å². The second kappa shape index (κ2) is 3.93. The zero-order valence-corrected chi connectivity index (χ0v) is 10.4. The van der Waals surface area contributed by atoms with Gasteiger partial charge >= 0.3 is 0 Å². The van der Waals surface area contributed by atoms with E-state index in [9.17, 15) is 0 Å². The van der Waals surface area contributed by atoms with E-state index in [1.54, 1.807) is 11.3 Å². The van der Waals surface area contributed by atoms with Gasteiger partial charge in [0.25, 0.3) is 0 Å². The lowest BCUT2D eigenvalue weighted by atomic mass is 10.1. The highest BCUT2D eigenvalue weighted by Gasteiger charge is 2.05. The summed E-state index contributed by atoms with van der Waals surface area (Å²) in [6, 6.07) is 8.20. The van der Waals surface area contributed by atoms with Crippen molar-refractivity contribution in [3.05, 3.63) is 27.5 Å². The Labute approximate surface area is 99.9 Å². The quantitative estimate of drug-likeness (QED) is 0.786. The second-order valence-corrected chi connectivity index (χ2v) is 5.86. The highest BCUT2D eigenvalue weighted by molar-refractivity contribution is 9.11. The molecule has 0 fully saturated rings. The van der Waals surface area contributed by atoms with Crippen LogP contribution in [-0.4, -0.2) is 0 Å². The summed E-state index contributed by atoms with van der Waals surface area (Å²) in [5, 5.41) is 9.75. The van der Waals surface area contributed by atoms with E-state index in [1.165, 1.54) is 4.70 Å². The van der Waals surface area contributed by atoms with Gasteiger partial charge in [-0.25, -0.2) is 0 Å². The predicted molar refractivity (Wildman–Crippen MR) is 66.1 cm³/mol. The van der Waals surface area contributed by atoms with Crippen LogP contribution in [0.2, 0.25) is 0 Å². The minimum Gasteiger partial charge on any atom is -0.198 e. The third-order valence-corrected chi connectivity index (χ3v) is 3.88. The first-order valence-electron chi connectivity index (χ1n) is 3.98. The molecule has 0 bridgehead atoms. The molecule has 0 radical (unpaired) electrons. The average Bonchev–Trinajstić information content (AvgIpc) is 2.47.